The third-order valence-electron chi connectivity index (χ3n) is 4.87. The molecule has 0 aromatic heterocycles. The van der Waals surface area contributed by atoms with Crippen molar-refractivity contribution in [2.45, 2.75) is 54.4 Å². The van der Waals surface area contributed by atoms with E-state index < -0.39 is 0 Å². The fraction of sp³-hybridized carbons (Fsp3) is 0.312. The van der Waals surface area contributed by atoms with Crippen LogP contribution in [0.3, 0.4) is 0 Å². The predicted molar refractivity (Wildman–Crippen MR) is 157 cm³/mol. The van der Waals surface area contributed by atoms with Crippen molar-refractivity contribution in [1.82, 2.24) is 0 Å². The minimum absolute atomic E-state index is 0. The average Bonchev–Trinajstić information content (AvgIpc) is 3.55. The van der Waals surface area contributed by atoms with Gasteiger partial charge in [-0.1, -0.05) is 47.0 Å². The van der Waals surface area contributed by atoms with E-state index in [9.17, 15) is 8.78 Å². The summed E-state index contributed by atoms with van der Waals surface area (Å²) in [6.07, 6.45) is 16.9. The Hall–Kier alpha value is -2.04. The second kappa shape index (κ2) is 20.9. The van der Waals surface area contributed by atoms with Crippen LogP contribution in [0, 0.1) is 49.5 Å². The third kappa shape index (κ3) is 19.1. The zero-order chi connectivity index (χ0) is 27.8. The van der Waals surface area contributed by atoms with Gasteiger partial charge in [-0.15, -0.1) is 12.8 Å². The zero-order valence-electron chi connectivity index (χ0n) is 24.2. The molecule has 2 N–H and O–H groups in total. The maximum absolute atomic E-state index is 12.0. The normalized spacial score (nSPS) is 12.6. The minimum atomic E-state index is -0.331. The molecule has 0 saturated heterocycles. The molecule has 2 aliphatic carbocycles. The summed E-state index contributed by atoms with van der Waals surface area (Å²) in [6, 6.07) is 10.0. The monoisotopic (exact) mass is 616 g/mol. The molecule has 0 bridgehead atoms. The SMILES string of the molecule is CC(C)(C)C1=CC=[C-]C1.CC(C)(C)C1=CC[C-]=C1.Oc1ccc(F)cc1.Oc1ccc(F)cc1.[CH3-].[CH3-].[SiH2]=[Zr]. The van der Waals surface area contributed by atoms with Gasteiger partial charge in [0.1, 0.15) is 23.1 Å². The predicted octanol–water partition coefficient (Wildman–Crippen LogP) is 8.49. The molecular weight excluding hydrogens is 574 g/mol. The van der Waals surface area contributed by atoms with Crippen molar-refractivity contribution in [1.29, 1.82) is 0 Å². The van der Waals surface area contributed by atoms with Crippen molar-refractivity contribution >= 4 is 6.88 Å². The number of phenolic OH excluding ortho intramolecular Hbond substituents is 2. The van der Waals surface area contributed by atoms with Gasteiger partial charge in [-0.2, -0.15) is 17.2 Å². The molecule has 0 heterocycles. The topological polar surface area (TPSA) is 40.5 Å². The molecule has 0 aliphatic heterocycles. The van der Waals surface area contributed by atoms with E-state index in [2.05, 4.69) is 71.9 Å². The van der Waals surface area contributed by atoms with Gasteiger partial charge in [-0.3, -0.25) is 12.2 Å². The first-order valence-electron chi connectivity index (χ1n) is 11.6. The second-order valence-electron chi connectivity index (χ2n) is 9.90. The number of hydrogen-bond donors (Lipinski definition) is 2. The van der Waals surface area contributed by atoms with E-state index in [4.69, 9.17) is 10.2 Å². The molecule has 0 spiro atoms. The molecule has 0 amide bonds. The Kier molecular flexibility index (Phi) is 22.2. The van der Waals surface area contributed by atoms with E-state index in [1.54, 1.807) is 23.3 Å². The first kappa shape index (κ1) is 40.5. The first-order chi connectivity index (χ1) is 16.8. The van der Waals surface area contributed by atoms with Crippen molar-refractivity contribution < 1.29 is 42.3 Å². The van der Waals surface area contributed by atoms with Crippen LogP contribution in [-0.4, -0.2) is 17.1 Å². The Labute approximate surface area is 247 Å². The molecule has 0 saturated carbocycles. The summed E-state index contributed by atoms with van der Waals surface area (Å²) < 4.78 is 24.0. The number of allylic oxidation sites excluding steroid dienone is 8. The van der Waals surface area contributed by atoms with Crippen molar-refractivity contribution in [3.8, 4) is 11.5 Å². The van der Waals surface area contributed by atoms with Gasteiger partial charge in [0.15, 0.2) is 0 Å². The Morgan fingerprint density at radius 3 is 1.34 bits per heavy atom. The van der Waals surface area contributed by atoms with Crippen molar-refractivity contribution in [2.75, 3.05) is 0 Å². The molecular formula is C32H44F2O2SiZr-4. The average molecular weight is 618 g/mol. The van der Waals surface area contributed by atoms with Crippen molar-refractivity contribution in [3.05, 3.63) is 123 Å². The summed E-state index contributed by atoms with van der Waals surface area (Å²) in [6.45, 7) is 15.3. The number of rotatable bonds is 0. The summed E-state index contributed by atoms with van der Waals surface area (Å²) in [5, 5.41) is 17.2. The van der Waals surface area contributed by atoms with Gasteiger partial charge in [-0.05, 0) is 53.9 Å². The summed E-state index contributed by atoms with van der Waals surface area (Å²) in [7, 11) is 0. The van der Waals surface area contributed by atoms with Crippen LogP contribution in [0.4, 0.5) is 8.78 Å². The second-order valence-corrected chi connectivity index (χ2v) is 9.90. The van der Waals surface area contributed by atoms with Crippen LogP contribution in [0.1, 0.15) is 54.4 Å². The number of phenols is 2. The van der Waals surface area contributed by atoms with Crippen molar-refractivity contribution in [3.63, 3.8) is 0 Å². The molecule has 6 heteroatoms. The van der Waals surface area contributed by atoms with Crippen LogP contribution in [0.15, 0.2) is 84.0 Å². The van der Waals surface area contributed by atoms with Crippen LogP contribution >= 0.6 is 0 Å². The molecule has 2 aliphatic rings. The van der Waals surface area contributed by atoms with E-state index in [0.717, 1.165) is 12.8 Å². The fourth-order valence-electron chi connectivity index (χ4n) is 2.70. The van der Waals surface area contributed by atoms with Gasteiger partial charge in [0.2, 0.25) is 0 Å². The Morgan fingerprint density at radius 1 is 0.737 bits per heavy atom. The number of benzene rings is 2. The fourth-order valence-corrected chi connectivity index (χ4v) is 2.70. The van der Waals surface area contributed by atoms with Gasteiger partial charge in [0, 0.05) is 0 Å². The molecule has 0 unspecified atom stereocenters. The van der Waals surface area contributed by atoms with Crippen LogP contribution in [0.25, 0.3) is 0 Å². The first-order valence-corrected chi connectivity index (χ1v) is 17.5. The Bertz CT molecular complexity index is 926. The van der Waals surface area contributed by atoms with Crippen molar-refractivity contribution in [2.24, 2.45) is 10.8 Å². The van der Waals surface area contributed by atoms with Crippen LogP contribution in [0.2, 0.25) is 0 Å². The molecule has 0 fully saturated rings. The standard InChI is InChI=1S/2C9H13.2C6H5FO.2CH3.H2Si.Zr/c2*1-9(2,3)8-6-4-5-7-8;2*7-5-1-3-6(8)4-2-5;;;;/h6-7H,4H2,1-3H3;4,6H,7H2,1-3H3;2*1-4,8H;2*1H3;1H2;/q2*-1;;;2*-1;;. The van der Waals surface area contributed by atoms with Gasteiger partial charge in [0.25, 0.3) is 0 Å². The van der Waals surface area contributed by atoms with E-state index in [-0.39, 0.29) is 38.0 Å². The maximum atomic E-state index is 12.0. The Balaban J connectivity index is -0.000000414. The summed E-state index contributed by atoms with van der Waals surface area (Å²) in [5.41, 5.74) is 3.58. The number of halogens is 2. The third-order valence-corrected chi connectivity index (χ3v) is 4.87. The summed E-state index contributed by atoms with van der Waals surface area (Å²) in [5.74, 6) is -0.483. The molecule has 0 atom stereocenters. The van der Waals surface area contributed by atoms with Gasteiger partial charge in [0.05, 0.1) is 0 Å². The van der Waals surface area contributed by atoms with Gasteiger partial charge in [-0.25, -0.2) is 27.0 Å². The number of aromatic hydroxyl groups is 2. The molecule has 38 heavy (non-hydrogen) atoms. The van der Waals surface area contributed by atoms with Crippen LogP contribution < -0.4 is 0 Å². The number of hydrogen-bond acceptors (Lipinski definition) is 2. The quantitative estimate of drug-likeness (QED) is 0.230. The molecule has 210 valence electrons. The molecule has 2 nitrogen and oxygen atoms in total. The van der Waals surface area contributed by atoms with E-state index in [0.29, 0.717) is 10.8 Å². The summed E-state index contributed by atoms with van der Waals surface area (Å²) in [4.78, 5) is 0. The summed E-state index contributed by atoms with van der Waals surface area (Å²) >= 11 is 1.58. The van der Waals surface area contributed by atoms with E-state index in [1.165, 1.54) is 59.7 Å². The van der Waals surface area contributed by atoms with Gasteiger partial charge >= 0.3 is 30.2 Å². The van der Waals surface area contributed by atoms with E-state index >= 15 is 0 Å². The molecule has 2 aromatic carbocycles. The Morgan fingerprint density at radius 2 is 1.16 bits per heavy atom. The molecule has 4 rings (SSSR count). The molecule has 2 aromatic rings. The van der Waals surface area contributed by atoms with E-state index in [1.807, 2.05) is 13.0 Å². The van der Waals surface area contributed by atoms with Crippen LogP contribution in [-0.2, 0) is 23.3 Å². The molecule has 0 radical (unpaired) electrons. The zero-order valence-corrected chi connectivity index (χ0v) is 28.1. The van der Waals surface area contributed by atoms with Crippen LogP contribution in [0.5, 0.6) is 11.5 Å². The van der Waals surface area contributed by atoms with Gasteiger partial charge < -0.3 is 25.1 Å².